The van der Waals surface area contributed by atoms with E-state index < -0.39 is 5.92 Å². The fourth-order valence-electron chi connectivity index (χ4n) is 2.90. The maximum atomic E-state index is 12.4. The van der Waals surface area contributed by atoms with Gasteiger partial charge in [0.1, 0.15) is 5.82 Å². The lowest BCUT2D eigenvalue weighted by atomic mass is 10.1. The summed E-state index contributed by atoms with van der Waals surface area (Å²) >= 11 is 5.78. The number of nitrogens with zero attached hydrogens (tertiary/aromatic N) is 2. The molecule has 0 spiro atoms. The average Bonchev–Trinajstić information content (AvgIpc) is 2.91. The number of amides is 2. The largest absolute Gasteiger partial charge is 0.311 e. The summed E-state index contributed by atoms with van der Waals surface area (Å²) in [6.07, 6.45) is 1.67. The Morgan fingerprint density at radius 2 is 2.08 bits per heavy atom. The zero-order valence-corrected chi connectivity index (χ0v) is 14.3. The number of carbonyl (C=O) groups excluding carboxylic acids is 2. The molecule has 6 heteroatoms. The molecule has 3 rings (SSSR count). The first-order valence-electron chi connectivity index (χ1n) is 7.74. The van der Waals surface area contributed by atoms with Crippen molar-refractivity contribution in [3.63, 3.8) is 0 Å². The van der Waals surface area contributed by atoms with Crippen LogP contribution >= 0.6 is 11.6 Å². The Labute approximate surface area is 145 Å². The maximum absolute atomic E-state index is 12.4. The van der Waals surface area contributed by atoms with E-state index in [0.29, 0.717) is 17.4 Å². The monoisotopic (exact) mass is 343 g/mol. The smallest absolute Gasteiger partial charge is 0.230 e. The van der Waals surface area contributed by atoms with Crippen LogP contribution in [0.1, 0.15) is 17.5 Å². The molecule has 1 aromatic carbocycles. The highest BCUT2D eigenvalue weighted by Gasteiger charge is 2.35. The van der Waals surface area contributed by atoms with Gasteiger partial charge in [0, 0.05) is 24.8 Å². The van der Waals surface area contributed by atoms with Gasteiger partial charge < -0.3 is 10.2 Å². The summed E-state index contributed by atoms with van der Waals surface area (Å²) in [7, 11) is 0. The Hall–Kier alpha value is -2.40. The van der Waals surface area contributed by atoms with Gasteiger partial charge in [0.2, 0.25) is 11.8 Å². The molecule has 124 valence electrons. The van der Waals surface area contributed by atoms with Gasteiger partial charge in [0.25, 0.3) is 0 Å². The van der Waals surface area contributed by atoms with E-state index in [0.717, 1.165) is 16.8 Å². The van der Waals surface area contributed by atoms with Crippen LogP contribution in [0.3, 0.4) is 0 Å². The van der Waals surface area contributed by atoms with Crippen LogP contribution in [0.4, 0.5) is 11.5 Å². The van der Waals surface area contributed by atoms with Crippen LogP contribution in [-0.2, 0) is 9.59 Å². The third-order valence-corrected chi connectivity index (χ3v) is 4.34. The average molecular weight is 344 g/mol. The van der Waals surface area contributed by atoms with Gasteiger partial charge >= 0.3 is 0 Å². The van der Waals surface area contributed by atoms with Gasteiger partial charge in [0.05, 0.1) is 10.9 Å². The Kier molecular flexibility index (Phi) is 4.53. The summed E-state index contributed by atoms with van der Waals surface area (Å²) in [6, 6.07) is 9.24. The lowest BCUT2D eigenvalue weighted by Gasteiger charge is -2.19. The van der Waals surface area contributed by atoms with Gasteiger partial charge in [-0.15, -0.1) is 0 Å². The SMILES string of the molecule is Cc1ccc(N2CC(C(=O)Nc3ccc(Cl)cn3)CC2=O)c(C)c1. The molecule has 24 heavy (non-hydrogen) atoms. The number of rotatable bonds is 3. The van der Waals surface area contributed by atoms with Crippen molar-refractivity contribution in [2.75, 3.05) is 16.8 Å². The Morgan fingerprint density at radius 1 is 1.29 bits per heavy atom. The number of aromatic nitrogens is 1. The van der Waals surface area contributed by atoms with E-state index in [1.807, 2.05) is 32.0 Å². The highest BCUT2D eigenvalue weighted by atomic mass is 35.5. The van der Waals surface area contributed by atoms with Crippen molar-refractivity contribution < 1.29 is 9.59 Å². The number of hydrogen-bond acceptors (Lipinski definition) is 3. The van der Waals surface area contributed by atoms with E-state index in [4.69, 9.17) is 11.6 Å². The summed E-state index contributed by atoms with van der Waals surface area (Å²) in [5.74, 6) is -0.200. The van der Waals surface area contributed by atoms with Crippen molar-refractivity contribution >= 4 is 34.9 Å². The Balaban J connectivity index is 1.72. The predicted molar refractivity (Wildman–Crippen MR) is 94.3 cm³/mol. The number of pyridine rings is 1. The van der Waals surface area contributed by atoms with E-state index in [1.54, 1.807) is 17.0 Å². The van der Waals surface area contributed by atoms with Crippen molar-refractivity contribution in [2.45, 2.75) is 20.3 Å². The maximum Gasteiger partial charge on any atom is 0.230 e. The van der Waals surface area contributed by atoms with Crippen LogP contribution in [-0.4, -0.2) is 23.3 Å². The molecule has 0 aliphatic carbocycles. The second kappa shape index (κ2) is 6.61. The molecule has 2 heterocycles. The van der Waals surface area contributed by atoms with Crippen molar-refractivity contribution in [3.8, 4) is 0 Å². The van der Waals surface area contributed by atoms with Crippen molar-refractivity contribution in [1.29, 1.82) is 0 Å². The number of carbonyl (C=O) groups is 2. The molecule has 1 atom stereocenters. The molecule has 1 fully saturated rings. The first-order chi connectivity index (χ1) is 11.4. The molecule has 1 aliphatic rings. The molecule has 0 bridgehead atoms. The second-order valence-corrected chi connectivity index (χ2v) is 6.48. The number of hydrogen-bond donors (Lipinski definition) is 1. The molecule has 1 N–H and O–H groups in total. The van der Waals surface area contributed by atoms with E-state index in [9.17, 15) is 9.59 Å². The van der Waals surface area contributed by atoms with Gasteiger partial charge in [-0.3, -0.25) is 9.59 Å². The van der Waals surface area contributed by atoms with E-state index in [-0.39, 0.29) is 18.2 Å². The molecule has 1 unspecified atom stereocenters. The van der Waals surface area contributed by atoms with Gasteiger partial charge in [-0.05, 0) is 37.6 Å². The molecule has 1 saturated heterocycles. The number of aryl methyl sites for hydroxylation is 2. The highest BCUT2D eigenvalue weighted by Crippen LogP contribution is 2.29. The molecule has 5 nitrogen and oxygen atoms in total. The minimum absolute atomic E-state index is 0.0360. The summed E-state index contributed by atoms with van der Waals surface area (Å²) in [5, 5.41) is 3.24. The number of halogens is 1. The van der Waals surface area contributed by atoms with Crippen LogP contribution in [0, 0.1) is 19.8 Å². The molecular weight excluding hydrogens is 326 g/mol. The van der Waals surface area contributed by atoms with Crippen LogP contribution in [0.25, 0.3) is 0 Å². The molecule has 0 radical (unpaired) electrons. The van der Waals surface area contributed by atoms with Gasteiger partial charge in [-0.25, -0.2) is 4.98 Å². The van der Waals surface area contributed by atoms with E-state index in [1.165, 1.54) is 6.20 Å². The zero-order chi connectivity index (χ0) is 17.3. The molecule has 2 aromatic rings. The molecule has 0 saturated carbocycles. The van der Waals surface area contributed by atoms with E-state index in [2.05, 4.69) is 10.3 Å². The molecule has 1 aromatic heterocycles. The molecule has 1 aliphatic heterocycles. The zero-order valence-electron chi connectivity index (χ0n) is 13.5. The number of benzene rings is 1. The first-order valence-corrected chi connectivity index (χ1v) is 8.12. The van der Waals surface area contributed by atoms with Crippen molar-refractivity contribution in [2.24, 2.45) is 5.92 Å². The quantitative estimate of drug-likeness (QED) is 0.929. The Morgan fingerprint density at radius 3 is 2.75 bits per heavy atom. The van der Waals surface area contributed by atoms with Gasteiger partial charge in [-0.1, -0.05) is 29.3 Å². The minimum atomic E-state index is -0.393. The second-order valence-electron chi connectivity index (χ2n) is 6.05. The van der Waals surface area contributed by atoms with Gasteiger partial charge in [-0.2, -0.15) is 0 Å². The standard InChI is InChI=1S/C18H18ClN3O2/c1-11-3-5-15(12(2)7-11)22-10-13(8-17(22)23)18(24)21-16-6-4-14(19)9-20-16/h3-7,9,13H,8,10H2,1-2H3,(H,20,21,24). The summed E-state index contributed by atoms with van der Waals surface area (Å²) in [4.78, 5) is 30.5. The fraction of sp³-hybridized carbons (Fsp3) is 0.278. The number of nitrogens with one attached hydrogen (secondary N) is 1. The lowest BCUT2D eigenvalue weighted by Crippen LogP contribution is -2.28. The fourth-order valence-corrected chi connectivity index (χ4v) is 3.01. The Bertz CT molecular complexity index is 789. The third kappa shape index (κ3) is 3.41. The minimum Gasteiger partial charge on any atom is -0.311 e. The number of anilines is 2. The van der Waals surface area contributed by atoms with Crippen LogP contribution < -0.4 is 10.2 Å². The lowest BCUT2D eigenvalue weighted by molar-refractivity contribution is -0.122. The summed E-state index contributed by atoms with van der Waals surface area (Å²) in [5.41, 5.74) is 3.04. The summed E-state index contributed by atoms with van der Waals surface area (Å²) in [6.45, 7) is 4.36. The topological polar surface area (TPSA) is 62.3 Å². The predicted octanol–water partition coefficient (Wildman–Crippen LogP) is 3.34. The van der Waals surface area contributed by atoms with Crippen LogP contribution in [0.15, 0.2) is 36.5 Å². The summed E-state index contributed by atoms with van der Waals surface area (Å²) < 4.78 is 0. The van der Waals surface area contributed by atoms with Gasteiger partial charge in [0.15, 0.2) is 0 Å². The first kappa shape index (κ1) is 16.5. The normalized spacial score (nSPS) is 17.2. The third-order valence-electron chi connectivity index (χ3n) is 4.12. The van der Waals surface area contributed by atoms with Crippen molar-refractivity contribution in [1.82, 2.24) is 4.98 Å². The molecular formula is C18H18ClN3O2. The van der Waals surface area contributed by atoms with Crippen LogP contribution in [0.2, 0.25) is 5.02 Å². The highest BCUT2D eigenvalue weighted by molar-refractivity contribution is 6.30. The van der Waals surface area contributed by atoms with Crippen molar-refractivity contribution in [3.05, 3.63) is 52.7 Å². The van der Waals surface area contributed by atoms with Crippen LogP contribution in [0.5, 0.6) is 0 Å². The molecule has 2 amide bonds. The van der Waals surface area contributed by atoms with E-state index >= 15 is 0 Å².